The highest BCUT2D eigenvalue weighted by atomic mass is 16.5. The quantitative estimate of drug-likeness (QED) is 0.281. The molecule has 0 radical (unpaired) electrons. The molecule has 1 saturated heterocycles. The number of hydrogen-bond acceptors (Lipinski definition) is 7. The Morgan fingerprint density at radius 2 is 1.64 bits per heavy atom. The van der Waals surface area contributed by atoms with Crippen molar-refractivity contribution in [2.45, 2.75) is 13.0 Å². The Hall–Kier alpha value is -3.98. The van der Waals surface area contributed by atoms with Crippen LogP contribution in [0.3, 0.4) is 0 Å². The summed E-state index contributed by atoms with van der Waals surface area (Å²) in [6, 6.07) is 7.71. The molecule has 0 spiro atoms. The van der Waals surface area contributed by atoms with Crippen LogP contribution in [-0.4, -0.2) is 45.5 Å². The average molecular weight is 454 g/mol. The van der Waals surface area contributed by atoms with Crippen molar-refractivity contribution in [1.29, 1.82) is 0 Å². The molecule has 1 atom stereocenters. The zero-order valence-corrected chi connectivity index (χ0v) is 19.1. The van der Waals surface area contributed by atoms with E-state index in [4.69, 9.17) is 18.9 Å². The van der Waals surface area contributed by atoms with Crippen LogP contribution in [0.2, 0.25) is 0 Å². The zero-order chi connectivity index (χ0) is 24.3. The van der Waals surface area contributed by atoms with Crippen molar-refractivity contribution in [3.05, 3.63) is 60.2 Å². The molecule has 1 unspecified atom stereocenters. The number of anilines is 2. The predicted molar refractivity (Wildman–Crippen MR) is 123 cm³/mol. The third-order valence-electron chi connectivity index (χ3n) is 5.27. The first-order chi connectivity index (χ1) is 15.8. The third-order valence-corrected chi connectivity index (χ3v) is 5.27. The molecule has 2 amide bonds. The van der Waals surface area contributed by atoms with Crippen LogP contribution < -0.4 is 28.9 Å². The van der Waals surface area contributed by atoms with Crippen molar-refractivity contribution in [3.63, 3.8) is 0 Å². The van der Waals surface area contributed by atoms with Gasteiger partial charge in [-0.25, -0.2) is 0 Å². The minimum Gasteiger partial charge on any atom is -0.494 e. The van der Waals surface area contributed by atoms with Gasteiger partial charge < -0.3 is 18.9 Å². The van der Waals surface area contributed by atoms with E-state index in [1.807, 2.05) is 0 Å². The van der Waals surface area contributed by atoms with Crippen LogP contribution >= 0.6 is 0 Å². The highest BCUT2D eigenvalue weighted by molar-refractivity contribution is 6.15. The van der Waals surface area contributed by atoms with E-state index in [9.17, 15) is 14.8 Å². The molecule has 0 aliphatic carbocycles. The monoisotopic (exact) mass is 454 g/mol. The van der Waals surface area contributed by atoms with Gasteiger partial charge in [0, 0.05) is 23.8 Å². The Labute approximate surface area is 192 Å². The lowest BCUT2D eigenvalue weighted by atomic mass is 9.88. The van der Waals surface area contributed by atoms with E-state index in [1.165, 1.54) is 45.5 Å². The number of carbonyl (C=O) groups excluding carboxylic acids is 2. The maximum absolute atomic E-state index is 12.8. The Morgan fingerprint density at radius 3 is 2.15 bits per heavy atom. The highest BCUT2D eigenvalue weighted by Crippen LogP contribution is 2.48. The summed E-state index contributed by atoms with van der Waals surface area (Å²) in [7, 11) is 5.90. The number of allylic oxidation sites excluding steroid dienone is 1. The summed E-state index contributed by atoms with van der Waals surface area (Å²) in [5.41, 5.74) is 1.62. The Kier molecular flexibility index (Phi) is 6.93. The first-order valence-corrected chi connectivity index (χ1v) is 9.98. The van der Waals surface area contributed by atoms with Crippen LogP contribution in [0.1, 0.15) is 18.5 Å². The van der Waals surface area contributed by atoms with Crippen LogP contribution in [0.25, 0.3) is 0 Å². The van der Waals surface area contributed by atoms with E-state index in [0.29, 0.717) is 39.1 Å². The SMILES string of the molecule is C=C1C(=O)N(c2cc(OC)c(OC)c(OC)c2)C1c1ccc(OC)c(N(O)C(=O)/C=C/C)c1. The topological polar surface area (TPSA) is 97.8 Å². The number of ether oxygens (including phenoxy) is 4. The van der Waals surface area contributed by atoms with Crippen LogP contribution in [0.15, 0.2) is 54.6 Å². The number of carbonyl (C=O) groups is 2. The van der Waals surface area contributed by atoms with Crippen molar-refractivity contribution < 1.29 is 33.7 Å². The number of hydrogen-bond donors (Lipinski definition) is 1. The van der Waals surface area contributed by atoms with Gasteiger partial charge in [-0.2, -0.15) is 5.06 Å². The molecule has 1 heterocycles. The summed E-state index contributed by atoms with van der Waals surface area (Å²) in [4.78, 5) is 26.5. The molecule has 174 valence electrons. The molecule has 2 aromatic rings. The molecule has 0 bridgehead atoms. The van der Waals surface area contributed by atoms with Crippen LogP contribution in [0, 0.1) is 0 Å². The van der Waals surface area contributed by atoms with Gasteiger partial charge in [0.1, 0.15) is 11.4 Å². The first-order valence-electron chi connectivity index (χ1n) is 9.98. The standard InChI is InChI=1S/C24H26N2O7/c1-7-8-21(27)26(29)17-11-15(9-10-18(17)30-3)22-14(2)24(28)25(22)16-12-19(31-4)23(33-6)20(13-16)32-5/h7-13,22,29H,2H2,1,3-6H3/b8-7+. The molecular formula is C24H26N2O7. The van der Waals surface area contributed by atoms with Crippen molar-refractivity contribution in [2.75, 3.05) is 38.4 Å². The largest absolute Gasteiger partial charge is 0.494 e. The van der Waals surface area contributed by atoms with E-state index in [2.05, 4.69) is 6.58 Å². The van der Waals surface area contributed by atoms with E-state index >= 15 is 0 Å². The Balaban J connectivity index is 2.08. The number of amides is 2. The predicted octanol–water partition coefficient (Wildman–Crippen LogP) is 3.66. The fourth-order valence-corrected chi connectivity index (χ4v) is 3.68. The van der Waals surface area contributed by atoms with Crippen molar-refractivity contribution in [2.24, 2.45) is 0 Å². The smallest absolute Gasteiger partial charge is 0.274 e. The lowest BCUT2D eigenvalue weighted by Gasteiger charge is -2.43. The molecule has 2 aromatic carbocycles. The highest BCUT2D eigenvalue weighted by Gasteiger charge is 2.43. The van der Waals surface area contributed by atoms with E-state index in [0.717, 1.165) is 0 Å². The van der Waals surface area contributed by atoms with E-state index in [1.54, 1.807) is 37.3 Å². The maximum Gasteiger partial charge on any atom is 0.274 e. The van der Waals surface area contributed by atoms with Crippen molar-refractivity contribution in [3.8, 4) is 23.0 Å². The van der Waals surface area contributed by atoms with Gasteiger partial charge in [-0.15, -0.1) is 0 Å². The average Bonchev–Trinajstić information content (AvgIpc) is 2.84. The van der Waals surface area contributed by atoms with Gasteiger partial charge in [0.15, 0.2) is 11.5 Å². The second-order valence-corrected chi connectivity index (χ2v) is 7.07. The lowest BCUT2D eigenvalue weighted by molar-refractivity contribution is -0.119. The summed E-state index contributed by atoms with van der Waals surface area (Å²) in [5.74, 6) is 0.553. The Morgan fingerprint density at radius 1 is 1.03 bits per heavy atom. The number of nitrogens with zero attached hydrogens (tertiary/aromatic N) is 2. The third kappa shape index (κ3) is 4.10. The number of benzene rings is 2. The molecule has 1 fully saturated rings. The summed E-state index contributed by atoms with van der Waals surface area (Å²) >= 11 is 0. The number of hydroxylamine groups is 1. The molecule has 9 nitrogen and oxygen atoms in total. The van der Waals surface area contributed by atoms with Gasteiger partial charge in [-0.1, -0.05) is 18.7 Å². The van der Waals surface area contributed by atoms with E-state index < -0.39 is 11.9 Å². The minimum absolute atomic E-state index is 0.134. The van der Waals surface area contributed by atoms with Gasteiger partial charge in [0.05, 0.1) is 40.2 Å². The second kappa shape index (κ2) is 9.66. The van der Waals surface area contributed by atoms with Gasteiger partial charge in [0.25, 0.3) is 11.8 Å². The zero-order valence-electron chi connectivity index (χ0n) is 19.1. The van der Waals surface area contributed by atoms with Gasteiger partial charge in [0.2, 0.25) is 5.75 Å². The van der Waals surface area contributed by atoms with Gasteiger partial charge in [-0.05, 0) is 24.6 Å². The summed E-state index contributed by atoms with van der Waals surface area (Å²) in [5, 5.41) is 10.9. The van der Waals surface area contributed by atoms with Gasteiger partial charge in [-0.3, -0.25) is 19.7 Å². The lowest BCUT2D eigenvalue weighted by Crippen LogP contribution is -2.49. The molecule has 3 rings (SSSR count). The number of rotatable bonds is 8. The fraction of sp³-hybridized carbons (Fsp3) is 0.250. The summed E-state index contributed by atoms with van der Waals surface area (Å²) in [6.45, 7) is 5.58. The summed E-state index contributed by atoms with van der Waals surface area (Å²) < 4.78 is 21.5. The van der Waals surface area contributed by atoms with Crippen LogP contribution in [0.4, 0.5) is 11.4 Å². The normalized spacial score (nSPS) is 15.3. The summed E-state index contributed by atoms with van der Waals surface area (Å²) in [6.07, 6.45) is 2.74. The molecule has 1 aliphatic rings. The van der Waals surface area contributed by atoms with Gasteiger partial charge >= 0.3 is 0 Å². The molecule has 9 heteroatoms. The first kappa shape index (κ1) is 23.7. The second-order valence-electron chi connectivity index (χ2n) is 7.07. The van der Waals surface area contributed by atoms with Crippen molar-refractivity contribution in [1.82, 2.24) is 0 Å². The molecular weight excluding hydrogens is 428 g/mol. The molecule has 1 aliphatic heterocycles. The van der Waals surface area contributed by atoms with Crippen LogP contribution in [0.5, 0.6) is 23.0 Å². The molecule has 1 N–H and O–H groups in total. The minimum atomic E-state index is -0.641. The molecule has 0 saturated carbocycles. The fourth-order valence-electron chi connectivity index (χ4n) is 3.68. The number of methoxy groups -OCH3 is 4. The van der Waals surface area contributed by atoms with Crippen LogP contribution in [-0.2, 0) is 9.59 Å². The molecule has 33 heavy (non-hydrogen) atoms. The van der Waals surface area contributed by atoms with E-state index in [-0.39, 0.29) is 17.3 Å². The van der Waals surface area contributed by atoms with Crippen molar-refractivity contribution >= 4 is 23.2 Å². The number of β-lactam (4-membered cyclic amide) rings is 1. The Bertz CT molecular complexity index is 1100. The molecule has 0 aromatic heterocycles. The maximum atomic E-state index is 12.8.